The summed E-state index contributed by atoms with van der Waals surface area (Å²) in [4.78, 5) is 2.50. The van der Waals surface area contributed by atoms with Gasteiger partial charge in [0.15, 0.2) is 0 Å². The first kappa shape index (κ1) is 13.2. The van der Waals surface area contributed by atoms with E-state index in [9.17, 15) is 0 Å². The molecule has 2 atom stereocenters. The van der Waals surface area contributed by atoms with Crippen molar-refractivity contribution < 1.29 is 0 Å². The van der Waals surface area contributed by atoms with Crippen LogP contribution < -0.4 is 0 Å². The number of likely N-dealkylation sites (tertiary alicyclic amines) is 1. The predicted molar refractivity (Wildman–Crippen MR) is 78.3 cm³/mol. The molecule has 2 heterocycles. The molecular weight excluding hydrogens is 234 g/mol. The van der Waals surface area contributed by atoms with E-state index < -0.39 is 0 Å². The van der Waals surface area contributed by atoms with Crippen LogP contribution in [0.25, 0.3) is 0 Å². The molecule has 1 saturated heterocycles. The van der Waals surface area contributed by atoms with Crippen LogP contribution in [0.1, 0.15) is 49.6 Å². The molecule has 0 saturated carbocycles. The Morgan fingerprint density at radius 2 is 2.16 bits per heavy atom. The van der Waals surface area contributed by atoms with Crippen LogP contribution in [0, 0.1) is 11.8 Å². The highest BCUT2D eigenvalue weighted by molar-refractivity contribution is 5.29. The van der Waals surface area contributed by atoms with Crippen LogP contribution in [0.4, 0.5) is 0 Å². The molecule has 1 aromatic heterocycles. The number of nitrogens with one attached hydrogen (secondary N) is 1. The summed E-state index contributed by atoms with van der Waals surface area (Å²) in [5.41, 5.74) is 4.40. The highest BCUT2D eigenvalue weighted by Crippen LogP contribution is 2.36. The van der Waals surface area contributed by atoms with Crippen LogP contribution in [0.5, 0.6) is 0 Å². The smallest absolute Gasteiger partial charge is 0.0657 e. The largest absolute Gasteiger partial charge is 0.306 e. The summed E-state index contributed by atoms with van der Waals surface area (Å²) < 4.78 is 0. The van der Waals surface area contributed by atoms with Gasteiger partial charge in [0, 0.05) is 12.2 Å². The Labute approximate surface area is 116 Å². The number of H-pyrrole nitrogens is 1. The van der Waals surface area contributed by atoms with Crippen molar-refractivity contribution in [2.45, 2.75) is 51.9 Å². The Hall–Kier alpha value is -0.830. The second-order valence-corrected chi connectivity index (χ2v) is 6.56. The van der Waals surface area contributed by atoms with Crippen molar-refractivity contribution in [3.8, 4) is 0 Å². The molecule has 0 bridgehead atoms. The molecule has 1 fully saturated rings. The standard InChI is InChI=1S/C16H27N3/c1-3-4-5-6-15-14-9-13-11-19(2)8-7-12(13)10-16(14)18-17-15/h12-13H,3-11H2,1-2H3,(H,17,18)/t12-,13+/m1/s1. The normalized spacial score (nSPS) is 27.1. The first-order valence-electron chi connectivity index (χ1n) is 8.01. The van der Waals surface area contributed by atoms with Crippen LogP contribution in [-0.4, -0.2) is 35.2 Å². The van der Waals surface area contributed by atoms with E-state index >= 15 is 0 Å². The lowest BCUT2D eigenvalue weighted by molar-refractivity contribution is 0.133. The van der Waals surface area contributed by atoms with Gasteiger partial charge in [-0.15, -0.1) is 0 Å². The molecule has 0 aromatic carbocycles. The van der Waals surface area contributed by atoms with Crippen molar-refractivity contribution in [2.75, 3.05) is 20.1 Å². The van der Waals surface area contributed by atoms with Crippen molar-refractivity contribution in [2.24, 2.45) is 11.8 Å². The number of unbranched alkanes of at least 4 members (excludes halogenated alkanes) is 2. The fourth-order valence-corrected chi connectivity index (χ4v) is 3.89. The highest BCUT2D eigenvalue weighted by atomic mass is 15.1. The van der Waals surface area contributed by atoms with E-state index in [0.29, 0.717) is 0 Å². The van der Waals surface area contributed by atoms with Crippen LogP contribution in [0.2, 0.25) is 0 Å². The number of hydrogen-bond acceptors (Lipinski definition) is 2. The average Bonchev–Trinajstić information content (AvgIpc) is 2.79. The minimum Gasteiger partial charge on any atom is -0.306 e. The number of nitrogens with zero attached hydrogens (tertiary/aromatic N) is 2. The van der Waals surface area contributed by atoms with Crippen molar-refractivity contribution >= 4 is 0 Å². The van der Waals surface area contributed by atoms with Crippen molar-refractivity contribution in [1.82, 2.24) is 15.1 Å². The molecule has 0 amide bonds. The fourth-order valence-electron chi connectivity index (χ4n) is 3.89. The van der Waals surface area contributed by atoms with E-state index in [2.05, 4.69) is 29.1 Å². The van der Waals surface area contributed by atoms with Gasteiger partial charge in [0.1, 0.15) is 0 Å². The predicted octanol–water partition coefficient (Wildman–Crippen LogP) is 2.81. The summed E-state index contributed by atoms with van der Waals surface area (Å²) in [5.74, 6) is 1.77. The summed E-state index contributed by atoms with van der Waals surface area (Å²) >= 11 is 0. The third-order valence-electron chi connectivity index (χ3n) is 5.08. The highest BCUT2D eigenvalue weighted by Gasteiger charge is 2.34. The summed E-state index contributed by atoms with van der Waals surface area (Å²) in [6.45, 7) is 4.82. The van der Waals surface area contributed by atoms with Crippen molar-refractivity contribution in [3.63, 3.8) is 0 Å². The van der Waals surface area contributed by atoms with Gasteiger partial charge in [-0.25, -0.2) is 0 Å². The number of rotatable bonds is 4. The van der Waals surface area contributed by atoms with E-state index in [1.165, 1.54) is 69.4 Å². The summed E-state index contributed by atoms with van der Waals surface area (Å²) in [7, 11) is 2.27. The number of fused-ring (bicyclic) bond motifs is 2. The van der Waals surface area contributed by atoms with E-state index in [4.69, 9.17) is 0 Å². The van der Waals surface area contributed by atoms with Gasteiger partial charge in [0.25, 0.3) is 0 Å². The first-order valence-corrected chi connectivity index (χ1v) is 8.01. The van der Waals surface area contributed by atoms with E-state index in [0.717, 1.165) is 11.8 Å². The zero-order chi connectivity index (χ0) is 13.2. The lowest BCUT2D eigenvalue weighted by Crippen LogP contribution is -2.41. The maximum atomic E-state index is 4.61. The molecule has 3 rings (SSSR count). The summed E-state index contributed by atoms with van der Waals surface area (Å²) in [6, 6.07) is 0. The maximum absolute atomic E-state index is 4.61. The van der Waals surface area contributed by atoms with Gasteiger partial charge in [0.05, 0.1) is 5.69 Å². The van der Waals surface area contributed by atoms with E-state index in [1.807, 2.05) is 0 Å². The van der Waals surface area contributed by atoms with Gasteiger partial charge >= 0.3 is 0 Å². The topological polar surface area (TPSA) is 31.9 Å². The molecule has 1 aliphatic heterocycles. The second-order valence-electron chi connectivity index (χ2n) is 6.56. The molecule has 1 aromatic rings. The van der Waals surface area contributed by atoms with Gasteiger partial charge < -0.3 is 4.90 Å². The van der Waals surface area contributed by atoms with Gasteiger partial charge in [-0.3, -0.25) is 5.10 Å². The molecule has 106 valence electrons. The molecule has 19 heavy (non-hydrogen) atoms. The lowest BCUT2D eigenvalue weighted by Gasteiger charge is -2.39. The van der Waals surface area contributed by atoms with E-state index in [-0.39, 0.29) is 0 Å². The fraction of sp³-hybridized carbons (Fsp3) is 0.812. The van der Waals surface area contributed by atoms with E-state index in [1.54, 1.807) is 5.56 Å². The third-order valence-corrected chi connectivity index (χ3v) is 5.08. The average molecular weight is 261 g/mol. The first-order chi connectivity index (χ1) is 9.28. The Kier molecular flexibility index (Phi) is 3.92. The minimum absolute atomic E-state index is 0.869. The Bertz CT molecular complexity index is 424. The van der Waals surface area contributed by atoms with Crippen LogP contribution >= 0.6 is 0 Å². The number of piperidine rings is 1. The van der Waals surface area contributed by atoms with Crippen LogP contribution in [-0.2, 0) is 19.3 Å². The minimum atomic E-state index is 0.869. The Morgan fingerprint density at radius 1 is 1.26 bits per heavy atom. The molecule has 2 aliphatic rings. The number of hydrogen-bond donors (Lipinski definition) is 1. The van der Waals surface area contributed by atoms with Crippen molar-refractivity contribution in [1.29, 1.82) is 0 Å². The molecule has 0 spiro atoms. The number of aromatic amines is 1. The Morgan fingerprint density at radius 3 is 3.00 bits per heavy atom. The quantitative estimate of drug-likeness (QED) is 0.845. The maximum Gasteiger partial charge on any atom is 0.0657 e. The van der Waals surface area contributed by atoms with Crippen LogP contribution in [0.3, 0.4) is 0 Å². The Balaban J connectivity index is 1.71. The molecule has 1 aliphatic carbocycles. The third kappa shape index (κ3) is 2.71. The van der Waals surface area contributed by atoms with Gasteiger partial charge in [0.2, 0.25) is 0 Å². The molecular formula is C16H27N3. The molecule has 0 radical (unpaired) electrons. The zero-order valence-corrected chi connectivity index (χ0v) is 12.4. The summed E-state index contributed by atoms with van der Waals surface area (Å²) in [6.07, 6.45) is 8.97. The van der Waals surface area contributed by atoms with Gasteiger partial charge in [-0.05, 0) is 63.1 Å². The lowest BCUT2D eigenvalue weighted by atomic mass is 9.74. The molecule has 0 unspecified atom stereocenters. The number of aryl methyl sites for hydroxylation is 1. The van der Waals surface area contributed by atoms with Crippen molar-refractivity contribution in [3.05, 3.63) is 17.0 Å². The zero-order valence-electron chi connectivity index (χ0n) is 12.4. The van der Waals surface area contributed by atoms with Gasteiger partial charge in [-0.1, -0.05) is 19.8 Å². The second kappa shape index (κ2) is 5.66. The molecule has 3 nitrogen and oxygen atoms in total. The van der Waals surface area contributed by atoms with Gasteiger partial charge in [-0.2, -0.15) is 5.10 Å². The molecule has 3 heteroatoms. The number of aromatic nitrogens is 2. The monoisotopic (exact) mass is 261 g/mol. The summed E-state index contributed by atoms with van der Waals surface area (Å²) in [5, 5.41) is 7.94. The van der Waals surface area contributed by atoms with Crippen LogP contribution in [0.15, 0.2) is 0 Å². The SMILES string of the molecule is CCCCCc1n[nH]c2c1C[C@H]1CN(C)CC[C@@H]1C2. The molecule has 1 N–H and O–H groups in total.